The number of hydrogen-bond donors (Lipinski definition) is 1. The first-order chi connectivity index (χ1) is 18.2. The first-order valence-electron chi connectivity index (χ1n) is 12.5. The molecule has 1 aliphatic heterocycles. The number of halogens is 2. The van der Waals surface area contributed by atoms with Gasteiger partial charge in [-0.3, -0.25) is 14.4 Å². The predicted molar refractivity (Wildman–Crippen MR) is 142 cm³/mol. The van der Waals surface area contributed by atoms with E-state index in [4.69, 9.17) is 0 Å². The van der Waals surface area contributed by atoms with Crippen LogP contribution in [-0.4, -0.2) is 66.3 Å². The Labute approximate surface area is 220 Å². The van der Waals surface area contributed by atoms with Gasteiger partial charge in [0.05, 0.1) is 5.56 Å². The smallest absolute Gasteiger partial charge is 0.256 e. The molecule has 198 valence electrons. The van der Waals surface area contributed by atoms with Gasteiger partial charge in [-0.15, -0.1) is 0 Å². The van der Waals surface area contributed by atoms with Gasteiger partial charge in [0.2, 0.25) is 5.91 Å². The summed E-state index contributed by atoms with van der Waals surface area (Å²) in [4.78, 5) is 43.4. The number of carbonyl (C=O) groups is 3. The minimum absolute atomic E-state index is 0.0800. The molecule has 4 rings (SSSR count). The molecule has 1 N–H and O–H groups in total. The maximum atomic E-state index is 14.0. The third-order valence-electron chi connectivity index (χ3n) is 6.48. The largest absolute Gasteiger partial charge is 0.368 e. The SMILES string of the molecule is CC(C)N(CC(=O)Nc1ccc(N2CCN(C(=O)c3ccccc3F)CC2)cc1)C(=O)c1ccc(F)cc1. The molecule has 9 heteroatoms. The minimum Gasteiger partial charge on any atom is -0.368 e. The van der Waals surface area contributed by atoms with Gasteiger partial charge < -0.3 is 20.0 Å². The number of nitrogens with zero attached hydrogens (tertiary/aromatic N) is 3. The van der Waals surface area contributed by atoms with Crippen molar-refractivity contribution in [3.05, 3.63) is 95.6 Å². The Kier molecular flexibility index (Phi) is 8.35. The lowest BCUT2D eigenvalue weighted by molar-refractivity contribution is -0.117. The average molecular weight is 521 g/mol. The molecule has 1 aliphatic rings. The standard InChI is InChI=1S/C29H30F2N4O3/c1-20(2)35(28(37)21-7-9-22(30)10-8-21)19-27(36)32-23-11-13-24(14-12-23)33-15-17-34(18-16-33)29(38)25-5-3-4-6-26(25)31/h3-14,20H,15-19H2,1-2H3,(H,32,36). The van der Waals surface area contributed by atoms with Gasteiger partial charge in [0.15, 0.2) is 0 Å². The molecular weight excluding hydrogens is 490 g/mol. The summed E-state index contributed by atoms with van der Waals surface area (Å²) in [5.41, 5.74) is 1.92. The van der Waals surface area contributed by atoms with Gasteiger partial charge in [-0.25, -0.2) is 8.78 Å². The summed E-state index contributed by atoms with van der Waals surface area (Å²) in [5.74, 6) is -1.96. The van der Waals surface area contributed by atoms with Crippen molar-refractivity contribution in [2.75, 3.05) is 42.9 Å². The van der Waals surface area contributed by atoms with E-state index < -0.39 is 11.6 Å². The zero-order valence-corrected chi connectivity index (χ0v) is 21.4. The van der Waals surface area contributed by atoms with E-state index in [1.165, 1.54) is 41.3 Å². The fourth-order valence-electron chi connectivity index (χ4n) is 4.33. The number of carbonyl (C=O) groups excluding carboxylic acids is 3. The zero-order valence-electron chi connectivity index (χ0n) is 21.4. The van der Waals surface area contributed by atoms with E-state index in [9.17, 15) is 23.2 Å². The van der Waals surface area contributed by atoms with Crippen LogP contribution in [0.2, 0.25) is 0 Å². The lowest BCUT2D eigenvalue weighted by atomic mass is 10.1. The highest BCUT2D eigenvalue weighted by Crippen LogP contribution is 2.21. The highest BCUT2D eigenvalue weighted by molar-refractivity contribution is 5.99. The lowest BCUT2D eigenvalue weighted by Crippen LogP contribution is -2.49. The minimum atomic E-state index is -0.520. The quantitative estimate of drug-likeness (QED) is 0.501. The Balaban J connectivity index is 1.31. The van der Waals surface area contributed by atoms with Crippen LogP contribution < -0.4 is 10.2 Å². The van der Waals surface area contributed by atoms with Crippen LogP contribution in [0.15, 0.2) is 72.8 Å². The Morgan fingerprint density at radius 3 is 2.11 bits per heavy atom. The zero-order chi connectivity index (χ0) is 27.2. The van der Waals surface area contributed by atoms with Crippen LogP contribution >= 0.6 is 0 Å². The van der Waals surface area contributed by atoms with E-state index >= 15 is 0 Å². The van der Waals surface area contributed by atoms with Crippen molar-refractivity contribution >= 4 is 29.1 Å². The lowest BCUT2D eigenvalue weighted by Gasteiger charge is -2.36. The van der Waals surface area contributed by atoms with Crippen LogP contribution in [0.5, 0.6) is 0 Å². The number of rotatable bonds is 7. The van der Waals surface area contributed by atoms with Crippen molar-refractivity contribution in [3.8, 4) is 0 Å². The van der Waals surface area contributed by atoms with Crippen LogP contribution in [0.3, 0.4) is 0 Å². The number of benzene rings is 3. The van der Waals surface area contributed by atoms with E-state index in [0.29, 0.717) is 37.4 Å². The van der Waals surface area contributed by atoms with Crippen LogP contribution in [-0.2, 0) is 4.79 Å². The van der Waals surface area contributed by atoms with E-state index in [2.05, 4.69) is 10.2 Å². The van der Waals surface area contributed by atoms with Gasteiger partial charge in [-0.2, -0.15) is 0 Å². The maximum absolute atomic E-state index is 14.0. The Morgan fingerprint density at radius 2 is 1.50 bits per heavy atom. The van der Waals surface area contributed by atoms with Crippen molar-refractivity contribution < 1.29 is 23.2 Å². The van der Waals surface area contributed by atoms with Crippen molar-refractivity contribution in [2.24, 2.45) is 0 Å². The van der Waals surface area contributed by atoms with Crippen LogP contribution in [0.4, 0.5) is 20.2 Å². The van der Waals surface area contributed by atoms with E-state index in [1.54, 1.807) is 29.2 Å². The molecule has 0 unspecified atom stereocenters. The highest BCUT2D eigenvalue weighted by Gasteiger charge is 2.25. The molecule has 38 heavy (non-hydrogen) atoms. The summed E-state index contributed by atoms with van der Waals surface area (Å²) in [6.45, 7) is 5.62. The molecule has 3 amide bonds. The normalized spacial score (nSPS) is 13.4. The van der Waals surface area contributed by atoms with Crippen LogP contribution in [0, 0.1) is 11.6 Å². The third-order valence-corrected chi connectivity index (χ3v) is 6.48. The number of hydrogen-bond acceptors (Lipinski definition) is 4. The van der Waals surface area contributed by atoms with Gasteiger partial charge in [0, 0.05) is 49.2 Å². The summed E-state index contributed by atoms with van der Waals surface area (Å²) in [6.07, 6.45) is 0. The fraction of sp³-hybridized carbons (Fsp3) is 0.276. The molecule has 3 aromatic carbocycles. The molecule has 0 radical (unpaired) electrons. The first-order valence-corrected chi connectivity index (χ1v) is 12.5. The molecule has 3 aromatic rings. The summed E-state index contributed by atoms with van der Waals surface area (Å²) >= 11 is 0. The number of amides is 3. The van der Waals surface area contributed by atoms with Gasteiger partial charge in [0.25, 0.3) is 11.8 Å². The Morgan fingerprint density at radius 1 is 0.868 bits per heavy atom. The summed E-state index contributed by atoms with van der Waals surface area (Å²) in [7, 11) is 0. The molecule has 0 spiro atoms. The second kappa shape index (κ2) is 11.9. The number of nitrogens with one attached hydrogen (secondary N) is 1. The first kappa shape index (κ1) is 26.8. The van der Waals surface area contributed by atoms with Crippen molar-refractivity contribution in [3.63, 3.8) is 0 Å². The Hall–Kier alpha value is -4.27. The maximum Gasteiger partial charge on any atom is 0.256 e. The molecule has 1 heterocycles. The van der Waals surface area contributed by atoms with E-state index in [1.807, 2.05) is 26.0 Å². The van der Waals surface area contributed by atoms with Crippen LogP contribution in [0.1, 0.15) is 34.6 Å². The average Bonchev–Trinajstić information content (AvgIpc) is 2.92. The summed E-state index contributed by atoms with van der Waals surface area (Å²) in [6, 6.07) is 18.3. The number of anilines is 2. The molecule has 7 nitrogen and oxygen atoms in total. The monoisotopic (exact) mass is 520 g/mol. The van der Waals surface area contributed by atoms with Gasteiger partial charge >= 0.3 is 0 Å². The topological polar surface area (TPSA) is 73.0 Å². The fourth-order valence-corrected chi connectivity index (χ4v) is 4.33. The predicted octanol–water partition coefficient (Wildman–Crippen LogP) is 4.42. The molecule has 1 fully saturated rings. The van der Waals surface area contributed by atoms with Crippen molar-refractivity contribution in [1.29, 1.82) is 0 Å². The molecule has 0 bridgehead atoms. The third kappa shape index (κ3) is 6.34. The Bertz CT molecular complexity index is 1290. The van der Waals surface area contributed by atoms with Gasteiger partial charge in [0.1, 0.15) is 18.2 Å². The van der Waals surface area contributed by atoms with Gasteiger partial charge in [-0.1, -0.05) is 12.1 Å². The molecule has 0 aromatic heterocycles. The van der Waals surface area contributed by atoms with Gasteiger partial charge in [-0.05, 0) is 74.5 Å². The summed E-state index contributed by atoms with van der Waals surface area (Å²) < 4.78 is 27.2. The van der Waals surface area contributed by atoms with Crippen LogP contribution in [0.25, 0.3) is 0 Å². The molecule has 0 atom stereocenters. The molecule has 1 saturated heterocycles. The van der Waals surface area contributed by atoms with E-state index in [-0.39, 0.29) is 35.9 Å². The molecule has 0 aliphatic carbocycles. The second-order valence-electron chi connectivity index (χ2n) is 9.39. The second-order valence-corrected chi connectivity index (χ2v) is 9.39. The summed E-state index contributed by atoms with van der Waals surface area (Å²) in [5, 5.41) is 2.82. The highest BCUT2D eigenvalue weighted by atomic mass is 19.1. The van der Waals surface area contributed by atoms with Crippen molar-refractivity contribution in [1.82, 2.24) is 9.80 Å². The molecule has 0 saturated carbocycles. The van der Waals surface area contributed by atoms with Crippen molar-refractivity contribution in [2.45, 2.75) is 19.9 Å². The van der Waals surface area contributed by atoms with E-state index in [0.717, 1.165) is 5.69 Å². The molecular formula is C29H30F2N4O3. The number of piperazine rings is 1.